The fourth-order valence-electron chi connectivity index (χ4n) is 3.38. The number of hydrogen-bond acceptors (Lipinski definition) is 3. The third-order valence-corrected chi connectivity index (χ3v) is 4.63. The predicted molar refractivity (Wildman–Crippen MR) is 106 cm³/mol. The zero-order valence-corrected chi connectivity index (χ0v) is 15.8. The van der Waals surface area contributed by atoms with E-state index in [1.54, 1.807) is 29.2 Å². The van der Waals surface area contributed by atoms with Crippen LogP contribution in [0.25, 0.3) is 0 Å². The number of hydrogen-bond donors (Lipinski definition) is 2. The van der Waals surface area contributed by atoms with E-state index in [2.05, 4.69) is 10.6 Å². The minimum Gasteiger partial charge on any atom is -0.318 e. The summed E-state index contributed by atoms with van der Waals surface area (Å²) in [6.45, 7) is 6.48. The molecule has 2 aromatic rings. The summed E-state index contributed by atoms with van der Waals surface area (Å²) >= 11 is 0. The molecule has 140 valence electrons. The summed E-state index contributed by atoms with van der Waals surface area (Å²) < 4.78 is 0. The van der Waals surface area contributed by atoms with Gasteiger partial charge in [0.05, 0.1) is 0 Å². The fourth-order valence-corrected chi connectivity index (χ4v) is 3.38. The molecule has 2 N–H and O–H groups in total. The first-order valence-corrected chi connectivity index (χ1v) is 8.96. The van der Waals surface area contributed by atoms with E-state index in [9.17, 15) is 14.4 Å². The molecule has 2 aromatic carbocycles. The van der Waals surface area contributed by atoms with Crippen LogP contribution in [-0.2, 0) is 14.4 Å². The van der Waals surface area contributed by atoms with E-state index >= 15 is 0 Å². The van der Waals surface area contributed by atoms with Crippen LogP contribution >= 0.6 is 0 Å². The zero-order chi connectivity index (χ0) is 19.6. The molecule has 6 heteroatoms. The highest BCUT2D eigenvalue weighted by Gasteiger charge is 2.22. The summed E-state index contributed by atoms with van der Waals surface area (Å²) in [5, 5.41) is 5.27. The molecule has 1 aliphatic rings. The molecule has 27 heavy (non-hydrogen) atoms. The van der Waals surface area contributed by atoms with Crippen molar-refractivity contribution in [2.75, 3.05) is 22.1 Å². The van der Waals surface area contributed by atoms with E-state index in [1.165, 1.54) is 0 Å². The normalized spacial score (nSPS) is 13.6. The second-order valence-corrected chi connectivity index (χ2v) is 6.88. The van der Waals surface area contributed by atoms with E-state index in [0.717, 1.165) is 28.8 Å². The Labute approximate surface area is 158 Å². The topological polar surface area (TPSA) is 78.5 Å². The van der Waals surface area contributed by atoms with Gasteiger partial charge in [0.25, 0.3) is 0 Å². The molecule has 1 fully saturated rings. The first-order chi connectivity index (χ1) is 12.8. The van der Waals surface area contributed by atoms with E-state index in [-0.39, 0.29) is 5.91 Å². The van der Waals surface area contributed by atoms with Gasteiger partial charge >= 0.3 is 11.8 Å². The molecule has 0 bridgehead atoms. The van der Waals surface area contributed by atoms with Crippen molar-refractivity contribution in [3.8, 4) is 0 Å². The van der Waals surface area contributed by atoms with Crippen molar-refractivity contribution < 1.29 is 14.4 Å². The third kappa shape index (κ3) is 4.16. The average molecular weight is 365 g/mol. The summed E-state index contributed by atoms with van der Waals surface area (Å²) in [7, 11) is 0. The SMILES string of the molecule is Cc1cc(C)c(NC(=O)C(=O)Nc2ccc(N3CCCC3=O)cc2)c(C)c1. The highest BCUT2D eigenvalue weighted by molar-refractivity contribution is 6.43. The van der Waals surface area contributed by atoms with Crippen molar-refractivity contribution >= 4 is 34.8 Å². The maximum atomic E-state index is 12.2. The fraction of sp³-hybridized carbons (Fsp3) is 0.286. The summed E-state index contributed by atoms with van der Waals surface area (Å²) in [6, 6.07) is 10.8. The van der Waals surface area contributed by atoms with Crippen molar-refractivity contribution in [2.24, 2.45) is 0 Å². The number of rotatable bonds is 3. The number of amides is 3. The zero-order valence-electron chi connectivity index (χ0n) is 15.8. The van der Waals surface area contributed by atoms with Gasteiger partial charge < -0.3 is 15.5 Å². The maximum Gasteiger partial charge on any atom is 0.314 e. The minimum absolute atomic E-state index is 0.106. The van der Waals surface area contributed by atoms with Gasteiger partial charge in [-0.05, 0) is 62.6 Å². The van der Waals surface area contributed by atoms with Gasteiger partial charge in [0.1, 0.15) is 0 Å². The monoisotopic (exact) mass is 365 g/mol. The summed E-state index contributed by atoms with van der Waals surface area (Å²) in [6.07, 6.45) is 1.42. The minimum atomic E-state index is -0.737. The lowest BCUT2D eigenvalue weighted by Gasteiger charge is -2.16. The van der Waals surface area contributed by atoms with Gasteiger partial charge in [-0.3, -0.25) is 14.4 Å². The molecule has 1 heterocycles. The molecule has 0 aromatic heterocycles. The number of benzene rings is 2. The van der Waals surface area contributed by atoms with Gasteiger partial charge in [-0.15, -0.1) is 0 Å². The maximum absolute atomic E-state index is 12.2. The smallest absolute Gasteiger partial charge is 0.314 e. The van der Waals surface area contributed by atoms with Crippen molar-refractivity contribution in [3.63, 3.8) is 0 Å². The lowest BCUT2D eigenvalue weighted by atomic mass is 10.1. The predicted octanol–water partition coefficient (Wildman–Crippen LogP) is 3.32. The molecule has 6 nitrogen and oxygen atoms in total. The van der Waals surface area contributed by atoms with Gasteiger partial charge in [0, 0.05) is 30.0 Å². The first kappa shape index (κ1) is 18.6. The molecular formula is C21H23N3O3. The summed E-state index contributed by atoms with van der Waals surface area (Å²) in [5.41, 5.74) is 4.88. The number of carbonyl (C=O) groups is 3. The van der Waals surface area contributed by atoms with Crippen molar-refractivity contribution in [1.82, 2.24) is 0 Å². The number of nitrogens with one attached hydrogen (secondary N) is 2. The Kier molecular flexibility index (Phi) is 5.26. The van der Waals surface area contributed by atoms with Crippen LogP contribution in [0.5, 0.6) is 0 Å². The van der Waals surface area contributed by atoms with Crippen LogP contribution in [0.15, 0.2) is 36.4 Å². The van der Waals surface area contributed by atoms with Gasteiger partial charge in [-0.1, -0.05) is 17.7 Å². The molecule has 0 atom stereocenters. The highest BCUT2D eigenvalue weighted by atomic mass is 16.2. The molecule has 0 aliphatic carbocycles. The van der Waals surface area contributed by atoms with Crippen molar-refractivity contribution in [1.29, 1.82) is 0 Å². The largest absolute Gasteiger partial charge is 0.318 e. The van der Waals surface area contributed by atoms with E-state index in [4.69, 9.17) is 0 Å². The van der Waals surface area contributed by atoms with Crippen molar-refractivity contribution in [2.45, 2.75) is 33.6 Å². The molecule has 1 saturated heterocycles. The molecule has 0 spiro atoms. The van der Waals surface area contributed by atoms with Gasteiger partial charge in [-0.25, -0.2) is 0 Å². The number of carbonyl (C=O) groups excluding carboxylic acids is 3. The van der Waals surface area contributed by atoms with E-state index in [0.29, 0.717) is 24.3 Å². The molecule has 0 radical (unpaired) electrons. The number of aryl methyl sites for hydroxylation is 3. The standard InChI is InChI=1S/C21H23N3O3/c1-13-11-14(2)19(15(3)12-13)23-21(27)20(26)22-16-6-8-17(9-7-16)24-10-4-5-18(24)25/h6-9,11-12H,4-5,10H2,1-3H3,(H,22,26)(H,23,27). The Morgan fingerprint density at radius 1 is 0.926 bits per heavy atom. The Hall–Kier alpha value is -3.15. The van der Waals surface area contributed by atoms with Crippen LogP contribution in [-0.4, -0.2) is 24.3 Å². The molecular weight excluding hydrogens is 342 g/mol. The lowest BCUT2D eigenvalue weighted by molar-refractivity contribution is -0.133. The van der Waals surface area contributed by atoms with Crippen LogP contribution in [0.4, 0.5) is 17.1 Å². The van der Waals surface area contributed by atoms with E-state index in [1.807, 2.05) is 32.9 Å². The second kappa shape index (κ2) is 7.61. The van der Waals surface area contributed by atoms with Crippen LogP contribution in [0, 0.1) is 20.8 Å². The van der Waals surface area contributed by atoms with Crippen LogP contribution in [0.2, 0.25) is 0 Å². The van der Waals surface area contributed by atoms with Gasteiger partial charge in [0.2, 0.25) is 5.91 Å². The molecule has 3 amide bonds. The Morgan fingerprint density at radius 2 is 1.52 bits per heavy atom. The third-order valence-electron chi connectivity index (χ3n) is 4.63. The first-order valence-electron chi connectivity index (χ1n) is 8.96. The quantitative estimate of drug-likeness (QED) is 0.819. The molecule has 0 unspecified atom stereocenters. The lowest BCUT2D eigenvalue weighted by Crippen LogP contribution is -2.29. The van der Waals surface area contributed by atoms with Gasteiger partial charge in [0.15, 0.2) is 0 Å². The van der Waals surface area contributed by atoms with Gasteiger partial charge in [-0.2, -0.15) is 0 Å². The molecule has 1 aliphatic heterocycles. The van der Waals surface area contributed by atoms with Crippen LogP contribution in [0.3, 0.4) is 0 Å². The van der Waals surface area contributed by atoms with Crippen molar-refractivity contribution in [3.05, 3.63) is 53.1 Å². The highest BCUT2D eigenvalue weighted by Crippen LogP contribution is 2.24. The molecule has 0 saturated carbocycles. The number of anilines is 3. The Morgan fingerprint density at radius 3 is 2.07 bits per heavy atom. The van der Waals surface area contributed by atoms with Crippen LogP contribution in [0.1, 0.15) is 29.5 Å². The second-order valence-electron chi connectivity index (χ2n) is 6.88. The summed E-state index contributed by atoms with van der Waals surface area (Å²) in [4.78, 5) is 38.0. The van der Waals surface area contributed by atoms with E-state index < -0.39 is 11.8 Å². The molecule has 3 rings (SSSR count). The average Bonchev–Trinajstić information content (AvgIpc) is 3.04. The Bertz CT molecular complexity index is 880. The number of nitrogens with zero attached hydrogens (tertiary/aromatic N) is 1. The Balaban J connectivity index is 1.65. The summed E-state index contributed by atoms with van der Waals surface area (Å²) in [5.74, 6) is -1.35. The van der Waals surface area contributed by atoms with Crippen LogP contribution < -0.4 is 15.5 Å².